The van der Waals surface area contributed by atoms with E-state index in [1.165, 1.54) is 0 Å². The van der Waals surface area contributed by atoms with Crippen molar-refractivity contribution < 1.29 is 28.6 Å². The van der Waals surface area contributed by atoms with Gasteiger partial charge in [0.1, 0.15) is 11.5 Å². The van der Waals surface area contributed by atoms with Crippen LogP contribution in [-0.2, 0) is 28.9 Å². The zero-order valence-corrected chi connectivity index (χ0v) is 23.0. The number of oxazole rings is 1. The van der Waals surface area contributed by atoms with Gasteiger partial charge in [-0.25, -0.2) is 9.78 Å². The summed E-state index contributed by atoms with van der Waals surface area (Å²) in [6.45, 7) is 6.01. The SMILES string of the molecule is Cc1oc(-c2ccc(-c3ccccc3)cc2)nc1CCOc1ccc(CCC(=O)O)c(CNC(=O)OC(C)C)c1. The standard InChI is InChI=1S/C32H34N2O6/c1-21(2)39-32(37)33-20-27-19-28(15-13-25(27)14-16-30(35)36)38-18-17-29-22(3)40-31(34-29)26-11-9-24(10-12-26)23-7-5-4-6-8-23/h4-13,15,19,21H,14,16-18,20H2,1-3H3,(H,33,37)(H,35,36). The normalized spacial score (nSPS) is 10.9. The smallest absolute Gasteiger partial charge is 0.407 e. The van der Waals surface area contributed by atoms with Crippen molar-refractivity contribution in [3.05, 3.63) is 95.4 Å². The third-order valence-electron chi connectivity index (χ3n) is 6.29. The van der Waals surface area contributed by atoms with Crippen molar-refractivity contribution in [1.29, 1.82) is 0 Å². The van der Waals surface area contributed by atoms with E-state index in [1.807, 2.05) is 55.5 Å². The maximum atomic E-state index is 12.0. The number of amides is 1. The van der Waals surface area contributed by atoms with Gasteiger partial charge in [0.25, 0.3) is 0 Å². The predicted molar refractivity (Wildman–Crippen MR) is 152 cm³/mol. The van der Waals surface area contributed by atoms with Crippen molar-refractivity contribution >= 4 is 12.1 Å². The fourth-order valence-corrected chi connectivity index (χ4v) is 4.25. The Kier molecular flexibility index (Phi) is 9.57. The Balaban J connectivity index is 1.38. The fourth-order valence-electron chi connectivity index (χ4n) is 4.25. The summed E-state index contributed by atoms with van der Waals surface area (Å²) in [5, 5.41) is 11.8. The quantitative estimate of drug-likeness (QED) is 0.208. The van der Waals surface area contributed by atoms with Crippen molar-refractivity contribution in [3.63, 3.8) is 0 Å². The van der Waals surface area contributed by atoms with Crippen LogP contribution >= 0.6 is 0 Å². The van der Waals surface area contributed by atoms with Gasteiger partial charge in [0.05, 0.1) is 18.4 Å². The molecule has 0 aliphatic rings. The first-order valence-corrected chi connectivity index (χ1v) is 13.3. The van der Waals surface area contributed by atoms with Gasteiger partial charge >= 0.3 is 12.1 Å². The van der Waals surface area contributed by atoms with Crippen LogP contribution in [0.15, 0.2) is 77.2 Å². The highest BCUT2D eigenvalue weighted by Gasteiger charge is 2.14. The Morgan fingerprint density at radius 2 is 1.62 bits per heavy atom. The van der Waals surface area contributed by atoms with Crippen LogP contribution in [0.2, 0.25) is 0 Å². The summed E-state index contributed by atoms with van der Waals surface area (Å²) in [5.41, 5.74) is 5.60. The molecule has 208 valence electrons. The summed E-state index contributed by atoms with van der Waals surface area (Å²) in [6.07, 6.45) is 0.116. The van der Waals surface area contributed by atoms with Crippen LogP contribution in [0.3, 0.4) is 0 Å². The molecule has 4 aromatic rings. The molecule has 1 amide bonds. The van der Waals surface area contributed by atoms with E-state index in [1.54, 1.807) is 13.8 Å². The molecule has 0 spiro atoms. The highest BCUT2D eigenvalue weighted by atomic mass is 16.6. The average Bonchev–Trinajstić information content (AvgIpc) is 3.31. The number of aliphatic carboxylic acids is 1. The molecule has 8 heteroatoms. The molecule has 0 saturated heterocycles. The average molecular weight is 543 g/mol. The molecule has 0 fully saturated rings. The summed E-state index contributed by atoms with van der Waals surface area (Å²) in [4.78, 5) is 27.7. The molecule has 2 N–H and O–H groups in total. The van der Waals surface area contributed by atoms with E-state index in [2.05, 4.69) is 29.6 Å². The second-order valence-corrected chi connectivity index (χ2v) is 9.70. The number of aromatic nitrogens is 1. The summed E-state index contributed by atoms with van der Waals surface area (Å²) < 4.78 is 17.1. The minimum absolute atomic E-state index is 0.00754. The topological polar surface area (TPSA) is 111 Å². The monoisotopic (exact) mass is 542 g/mol. The molecule has 1 aromatic heterocycles. The maximum absolute atomic E-state index is 12.0. The molecule has 0 aliphatic carbocycles. The summed E-state index contributed by atoms with van der Waals surface area (Å²) in [6, 6.07) is 23.8. The van der Waals surface area contributed by atoms with Crippen molar-refractivity contribution in [2.75, 3.05) is 6.61 Å². The summed E-state index contributed by atoms with van der Waals surface area (Å²) >= 11 is 0. The first kappa shape index (κ1) is 28.4. The van der Waals surface area contributed by atoms with Gasteiger partial charge in [-0.1, -0.05) is 48.5 Å². The van der Waals surface area contributed by atoms with Gasteiger partial charge in [0, 0.05) is 24.9 Å². The number of carboxylic acids is 1. The van der Waals surface area contributed by atoms with E-state index in [4.69, 9.17) is 24.0 Å². The highest BCUT2D eigenvalue weighted by molar-refractivity contribution is 5.68. The Morgan fingerprint density at radius 3 is 2.33 bits per heavy atom. The maximum Gasteiger partial charge on any atom is 0.407 e. The second kappa shape index (κ2) is 13.5. The van der Waals surface area contributed by atoms with E-state index >= 15 is 0 Å². The predicted octanol–water partition coefficient (Wildman–Crippen LogP) is 6.59. The number of carbonyl (C=O) groups excluding carboxylic acids is 1. The van der Waals surface area contributed by atoms with E-state index in [0.717, 1.165) is 39.3 Å². The third kappa shape index (κ3) is 7.96. The van der Waals surface area contributed by atoms with Crippen LogP contribution < -0.4 is 10.1 Å². The molecule has 3 aromatic carbocycles. The highest BCUT2D eigenvalue weighted by Crippen LogP contribution is 2.26. The molecule has 0 bridgehead atoms. The van der Waals surface area contributed by atoms with Gasteiger partial charge in [-0.05, 0) is 73.7 Å². The Labute approximate surface area is 234 Å². The van der Waals surface area contributed by atoms with Crippen molar-refractivity contribution in [2.45, 2.75) is 52.7 Å². The molecular formula is C32H34N2O6. The number of nitrogens with zero attached hydrogens (tertiary/aromatic N) is 1. The Bertz CT molecular complexity index is 1430. The molecular weight excluding hydrogens is 508 g/mol. The molecule has 1 heterocycles. The number of ether oxygens (including phenoxy) is 2. The van der Waals surface area contributed by atoms with Crippen LogP contribution in [-0.4, -0.2) is 34.9 Å². The van der Waals surface area contributed by atoms with Gasteiger partial charge in [0.15, 0.2) is 0 Å². The molecule has 4 rings (SSSR count). The molecule has 0 unspecified atom stereocenters. The lowest BCUT2D eigenvalue weighted by Crippen LogP contribution is -2.26. The number of nitrogens with one attached hydrogen (secondary N) is 1. The van der Waals surface area contributed by atoms with Crippen molar-refractivity contribution in [1.82, 2.24) is 10.3 Å². The third-order valence-corrected chi connectivity index (χ3v) is 6.29. The number of rotatable bonds is 12. The minimum Gasteiger partial charge on any atom is -0.493 e. The molecule has 0 radical (unpaired) electrons. The fraction of sp³-hybridized carbons (Fsp3) is 0.281. The largest absolute Gasteiger partial charge is 0.493 e. The molecule has 0 saturated carbocycles. The number of hydrogen-bond donors (Lipinski definition) is 2. The summed E-state index contributed by atoms with van der Waals surface area (Å²) in [7, 11) is 0. The minimum atomic E-state index is -0.882. The van der Waals surface area contributed by atoms with E-state index in [-0.39, 0.29) is 19.1 Å². The van der Waals surface area contributed by atoms with E-state index in [9.17, 15) is 9.59 Å². The van der Waals surface area contributed by atoms with Crippen LogP contribution in [0.25, 0.3) is 22.6 Å². The van der Waals surface area contributed by atoms with Gasteiger partial charge in [0.2, 0.25) is 5.89 Å². The number of hydrogen-bond acceptors (Lipinski definition) is 6. The lowest BCUT2D eigenvalue weighted by Gasteiger charge is -2.14. The van der Waals surface area contributed by atoms with Gasteiger partial charge in [-0.3, -0.25) is 4.79 Å². The van der Waals surface area contributed by atoms with Gasteiger partial charge in [-0.15, -0.1) is 0 Å². The number of carboxylic acid groups (broad SMARTS) is 1. The number of alkyl carbamates (subject to hydrolysis) is 1. The van der Waals surface area contributed by atoms with E-state index < -0.39 is 12.1 Å². The molecule has 8 nitrogen and oxygen atoms in total. The van der Waals surface area contributed by atoms with Gasteiger partial charge in [-0.2, -0.15) is 0 Å². The van der Waals surface area contributed by atoms with Gasteiger partial charge < -0.3 is 24.3 Å². The summed E-state index contributed by atoms with van der Waals surface area (Å²) in [5.74, 6) is 1.04. The second-order valence-electron chi connectivity index (χ2n) is 9.70. The lowest BCUT2D eigenvalue weighted by molar-refractivity contribution is -0.136. The molecule has 0 atom stereocenters. The van der Waals surface area contributed by atoms with Crippen LogP contribution in [0, 0.1) is 6.92 Å². The molecule has 0 aliphatic heterocycles. The first-order valence-electron chi connectivity index (χ1n) is 13.3. The number of carbonyl (C=O) groups is 2. The zero-order chi connectivity index (χ0) is 28.5. The zero-order valence-electron chi connectivity index (χ0n) is 23.0. The number of benzene rings is 3. The first-order chi connectivity index (χ1) is 19.3. The van der Waals surface area contributed by atoms with E-state index in [0.29, 0.717) is 31.1 Å². The van der Waals surface area contributed by atoms with Crippen LogP contribution in [0.1, 0.15) is 42.8 Å². The van der Waals surface area contributed by atoms with Crippen LogP contribution in [0.5, 0.6) is 5.75 Å². The van der Waals surface area contributed by atoms with Crippen LogP contribution in [0.4, 0.5) is 4.79 Å². The Hall–Kier alpha value is -4.59. The molecule has 40 heavy (non-hydrogen) atoms. The Morgan fingerprint density at radius 1 is 0.925 bits per heavy atom. The lowest BCUT2D eigenvalue weighted by atomic mass is 10.0. The number of aryl methyl sites for hydroxylation is 2. The van der Waals surface area contributed by atoms with Crippen molar-refractivity contribution in [2.24, 2.45) is 0 Å². The van der Waals surface area contributed by atoms with Crippen molar-refractivity contribution in [3.8, 4) is 28.3 Å².